The van der Waals surface area contributed by atoms with E-state index in [0.29, 0.717) is 6.42 Å². The van der Waals surface area contributed by atoms with Gasteiger partial charge in [-0.15, -0.1) is 0 Å². The molecule has 5 heteroatoms. The number of para-hydroxylation sites is 1. The molecule has 1 atom stereocenters. The van der Waals surface area contributed by atoms with Crippen LogP contribution < -0.4 is 10.1 Å². The van der Waals surface area contributed by atoms with Crippen molar-refractivity contribution in [3.8, 4) is 5.75 Å². The van der Waals surface area contributed by atoms with Crippen LogP contribution in [0.4, 0.5) is 0 Å². The van der Waals surface area contributed by atoms with Crippen molar-refractivity contribution in [2.45, 2.75) is 32.2 Å². The highest BCUT2D eigenvalue weighted by Crippen LogP contribution is 2.20. The minimum atomic E-state index is -2.87. The summed E-state index contributed by atoms with van der Waals surface area (Å²) in [5.74, 6) is 1.14. The molecule has 0 saturated heterocycles. The van der Waals surface area contributed by atoms with Crippen LogP contribution in [0.1, 0.15) is 25.3 Å². The van der Waals surface area contributed by atoms with Crippen LogP contribution >= 0.6 is 0 Å². The van der Waals surface area contributed by atoms with Crippen LogP contribution in [0.15, 0.2) is 24.3 Å². The zero-order valence-corrected chi connectivity index (χ0v) is 13.4. The molecule has 0 fully saturated rings. The molecule has 1 rings (SSSR count). The lowest BCUT2D eigenvalue weighted by Crippen LogP contribution is -2.31. The number of likely N-dealkylation sites (N-methyl/N-ethyl adjacent to an activating group) is 1. The van der Waals surface area contributed by atoms with Crippen molar-refractivity contribution in [3.63, 3.8) is 0 Å². The second kappa shape index (κ2) is 8.27. The molecular formula is C15H25NO3S. The number of nitrogens with one attached hydrogen (secondary N) is 1. The molecule has 0 aromatic heterocycles. The number of ether oxygens (including phenoxy) is 1. The highest BCUT2D eigenvalue weighted by Gasteiger charge is 2.12. The zero-order valence-electron chi connectivity index (χ0n) is 12.6. The third-order valence-electron chi connectivity index (χ3n) is 3.22. The summed E-state index contributed by atoms with van der Waals surface area (Å²) in [6.45, 7) is 2.93. The van der Waals surface area contributed by atoms with Gasteiger partial charge in [0.15, 0.2) is 0 Å². The fraction of sp³-hybridized carbons (Fsp3) is 0.600. The molecule has 114 valence electrons. The number of rotatable bonds is 9. The fourth-order valence-electron chi connectivity index (χ4n) is 2.29. The first-order valence-electron chi connectivity index (χ1n) is 6.99. The summed E-state index contributed by atoms with van der Waals surface area (Å²) in [6, 6.07) is 8.23. The summed E-state index contributed by atoms with van der Waals surface area (Å²) in [4.78, 5) is 0. The van der Waals surface area contributed by atoms with Gasteiger partial charge in [-0.1, -0.05) is 25.1 Å². The van der Waals surface area contributed by atoms with Crippen molar-refractivity contribution in [2.24, 2.45) is 0 Å². The van der Waals surface area contributed by atoms with Crippen molar-refractivity contribution in [2.75, 3.05) is 25.7 Å². The maximum Gasteiger partial charge on any atom is 0.147 e. The quantitative estimate of drug-likeness (QED) is 0.758. The van der Waals surface area contributed by atoms with Crippen molar-refractivity contribution in [1.82, 2.24) is 5.32 Å². The van der Waals surface area contributed by atoms with Crippen LogP contribution in [0.25, 0.3) is 0 Å². The SMILES string of the molecule is CCNC(CCCS(C)(=O)=O)Cc1ccccc1OC. The molecular weight excluding hydrogens is 274 g/mol. The van der Waals surface area contributed by atoms with Gasteiger partial charge in [0.05, 0.1) is 7.11 Å². The molecule has 0 amide bonds. The van der Waals surface area contributed by atoms with Gasteiger partial charge >= 0.3 is 0 Å². The highest BCUT2D eigenvalue weighted by atomic mass is 32.2. The number of sulfone groups is 1. The minimum Gasteiger partial charge on any atom is -0.496 e. The first-order chi connectivity index (χ1) is 9.46. The second-order valence-electron chi connectivity index (χ2n) is 5.04. The van der Waals surface area contributed by atoms with Crippen LogP contribution in [0.5, 0.6) is 5.75 Å². The minimum absolute atomic E-state index is 0.251. The summed E-state index contributed by atoms with van der Waals surface area (Å²) in [6.07, 6.45) is 3.67. The normalized spacial score (nSPS) is 13.2. The Kier molecular flexibility index (Phi) is 7.02. The van der Waals surface area contributed by atoms with Crippen LogP contribution in [-0.4, -0.2) is 40.1 Å². The number of methoxy groups -OCH3 is 1. The van der Waals surface area contributed by atoms with E-state index in [4.69, 9.17) is 4.74 Å². The highest BCUT2D eigenvalue weighted by molar-refractivity contribution is 7.90. The summed E-state index contributed by atoms with van der Waals surface area (Å²) < 4.78 is 27.7. The molecule has 1 aromatic rings. The molecule has 4 nitrogen and oxygen atoms in total. The van der Waals surface area contributed by atoms with Gasteiger partial charge in [0.1, 0.15) is 15.6 Å². The first-order valence-corrected chi connectivity index (χ1v) is 9.05. The van der Waals surface area contributed by atoms with Crippen molar-refractivity contribution >= 4 is 9.84 Å². The maximum absolute atomic E-state index is 11.2. The smallest absolute Gasteiger partial charge is 0.147 e. The maximum atomic E-state index is 11.2. The van der Waals surface area contributed by atoms with Crippen LogP contribution in [-0.2, 0) is 16.3 Å². The molecule has 0 aliphatic rings. The van der Waals surface area contributed by atoms with Gasteiger partial charge in [-0.05, 0) is 37.4 Å². The summed E-state index contributed by atoms with van der Waals surface area (Å²) in [5.41, 5.74) is 1.15. The summed E-state index contributed by atoms with van der Waals surface area (Å²) in [5, 5.41) is 3.42. The van der Waals surface area contributed by atoms with Crippen LogP contribution in [0.3, 0.4) is 0 Å². The number of hydrogen-bond acceptors (Lipinski definition) is 4. The zero-order chi connectivity index (χ0) is 15.0. The van der Waals surface area contributed by atoms with E-state index < -0.39 is 9.84 Å². The van der Waals surface area contributed by atoms with Gasteiger partial charge in [0.2, 0.25) is 0 Å². The van der Waals surface area contributed by atoms with E-state index in [-0.39, 0.29) is 11.8 Å². The van der Waals surface area contributed by atoms with E-state index in [1.165, 1.54) is 6.26 Å². The Labute approximate surface area is 122 Å². The molecule has 1 unspecified atom stereocenters. The first kappa shape index (κ1) is 17.0. The molecule has 1 aromatic carbocycles. The Balaban J connectivity index is 2.62. The largest absolute Gasteiger partial charge is 0.496 e. The Hall–Kier alpha value is -1.07. The molecule has 0 spiro atoms. The third-order valence-corrected chi connectivity index (χ3v) is 4.25. The van der Waals surface area contributed by atoms with Crippen LogP contribution in [0.2, 0.25) is 0 Å². The molecule has 1 N–H and O–H groups in total. The van der Waals surface area contributed by atoms with Crippen molar-refractivity contribution < 1.29 is 13.2 Å². The lowest BCUT2D eigenvalue weighted by atomic mass is 10.0. The Morgan fingerprint density at radius 2 is 2.00 bits per heavy atom. The second-order valence-corrected chi connectivity index (χ2v) is 7.30. The Bertz CT molecular complexity index is 500. The van der Waals surface area contributed by atoms with E-state index in [2.05, 4.69) is 18.3 Å². The summed E-state index contributed by atoms with van der Waals surface area (Å²) in [7, 11) is -1.20. The Morgan fingerprint density at radius 1 is 1.30 bits per heavy atom. The molecule has 0 bridgehead atoms. The van der Waals surface area contributed by atoms with Gasteiger partial charge < -0.3 is 10.1 Å². The monoisotopic (exact) mass is 299 g/mol. The van der Waals surface area contributed by atoms with Crippen LogP contribution in [0, 0.1) is 0 Å². The molecule has 0 aliphatic carbocycles. The predicted octanol–water partition coefficient (Wildman–Crippen LogP) is 2.04. The van der Waals surface area contributed by atoms with Gasteiger partial charge in [-0.2, -0.15) is 0 Å². The number of hydrogen-bond donors (Lipinski definition) is 1. The van der Waals surface area contributed by atoms with E-state index in [1.54, 1.807) is 7.11 Å². The molecule has 0 saturated carbocycles. The number of benzene rings is 1. The lowest BCUT2D eigenvalue weighted by Gasteiger charge is -2.19. The van der Waals surface area contributed by atoms with Crippen molar-refractivity contribution in [3.05, 3.63) is 29.8 Å². The van der Waals surface area contributed by atoms with E-state index in [9.17, 15) is 8.42 Å². The van der Waals surface area contributed by atoms with E-state index >= 15 is 0 Å². The van der Waals surface area contributed by atoms with E-state index in [0.717, 1.165) is 30.7 Å². The lowest BCUT2D eigenvalue weighted by molar-refractivity contribution is 0.402. The standard InChI is InChI=1S/C15H25NO3S/c1-4-16-14(9-7-11-20(3,17)18)12-13-8-5-6-10-15(13)19-2/h5-6,8,10,14,16H,4,7,9,11-12H2,1-3H3. The fourth-order valence-corrected chi connectivity index (χ4v) is 2.98. The van der Waals surface area contributed by atoms with Gasteiger partial charge in [-0.3, -0.25) is 0 Å². The van der Waals surface area contributed by atoms with Gasteiger partial charge in [0.25, 0.3) is 0 Å². The summed E-state index contributed by atoms with van der Waals surface area (Å²) >= 11 is 0. The molecule has 0 radical (unpaired) electrons. The predicted molar refractivity (Wildman–Crippen MR) is 83.1 cm³/mol. The van der Waals surface area contributed by atoms with Crippen molar-refractivity contribution in [1.29, 1.82) is 0 Å². The Morgan fingerprint density at radius 3 is 2.60 bits per heavy atom. The molecule has 0 heterocycles. The average Bonchev–Trinajstić information content (AvgIpc) is 2.38. The van der Waals surface area contributed by atoms with Gasteiger partial charge in [0, 0.05) is 18.1 Å². The molecule has 0 aliphatic heterocycles. The topological polar surface area (TPSA) is 55.4 Å². The average molecular weight is 299 g/mol. The molecule has 20 heavy (non-hydrogen) atoms. The third kappa shape index (κ3) is 6.39. The van der Waals surface area contributed by atoms with Gasteiger partial charge in [-0.25, -0.2) is 8.42 Å². The van der Waals surface area contributed by atoms with E-state index in [1.807, 2.05) is 18.2 Å².